The van der Waals surface area contributed by atoms with Gasteiger partial charge in [0.1, 0.15) is 10.5 Å². The summed E-state index contributed by atoms with van der Waals surface area (Å²) in [6, 6.07) is 15.7. The monoisotopic (exact) mass is 298 g/mol. The highest BCUT2D eigenvalue weighted by atomic mass is 35.5. The van der Waals surface area contributed by atoms with Crippen LogP contribution in [0.15, 0.2) is 52.9 Å². The summed E-state index contributed by atoms with van der Waals surface area (Å²) >= 11 is 6.31. The summed E-state index contributed by atoms with van der Waals surface area (Å²) in [6.07, 6.45) is 1.85. The zero-order valence-electron chi connectivity index (χ0n) is 11.9. The van der Waals surface area contributed by atoms with Crippen molar-refractivity contribution in [3.8, 4) is 0 Å². The molecule has 0 atom stereocenters. The summed E-state index contributed by atoms with van der Waals surface area (Å²) in [6.45, 7) is 0. The molecule has 3 aromatic rings. The maximum atomic E-state index is 6.31. The Morgan fingerprint density at radius 1 is 1.10 bits per heavy atom. The molecule has 2 aromatic carbocycles. The highest BCUT2D eigenvalue weighted by molar-refractivity contribution is 6.50. The molecule has 0 saturated carbocycles. The normalized spacial score (nSPS) is 11.9. The fourth-order valence-corrected chi connectivity index (χ4v) is 2.26. The Balaban J connectivity index is 1.91. The molecule has 3 rings (SSSR count). The summed E-state index contributed by atoms with van der Waals surface area (Å²) in [5.74, 6) is 0.439. The van der Waals surface area contributed by atoms with Crippen LogP contribution >= 0.6 is 11.6 Å². The molecular formula is C17H15ClN2O. The lowest BCUT2D eigenvalue weighted by Crippen LogP contribution is -2.07. The van der Waals surface area contributed by atoms with E-state index in [1.165, 1.54) is 0 Å². The molecule has 0 fully saturated rings. The lowest BCUT2D eigenvalue weighted by Gasteiger charge is -2.11. The third-order valence-electron chi connectivity index (χ3n) is 3.20. The van der Waals surface area contributed by atoms with Gasteiger partial charge in [-0.2, -0.15) is 0 Å². The van der Waals surface area contributed by atoms with E-state index in [9.17, 15) is 0 Å². The Kier molecular flexibility index (Phi) is 3.67. The van der Waals surface area contributed by atoms with Gasteiger partial charge in [0.2, 0.25) is 5.89 Å². The summed E-state index contributed by atoms with van der Waals surface area (Å²) in [4.78, 5) is 6.43. The molecular weight excluding hydrogens is 284 g/mol. The molecule has 0 aliphatic rings. The number of hydrogen-bond acceptors (Lipinski definition) is 3. The number of para-hydroxylation sites is 2. The number of hydrogen-bond donors (Lipinski definition) is 0. The quantitative estimate of drug-likeness (QED) is 0.706. The van der Waals surface area contributed by atoms with Crippen LogP contribution in [0.1, 0.15) is 11.5 Å². The van der Waals surface area contributed by atoms with E-state index in [2.05, 4.69) is 9.88 Å². The van der Waals surface area contributed by atoms with E-state index < -0.39 is 0 Å². The third kappa shape index (κ3) is 2.93. The fraction of sp³-hybridized carbons (Fsp3) is 0.118. The predicted octanol–water partition coefficient (Wildman–Crippen LogP) is 4.63. The molecule has 4 heteroatoms. The zero-order valence-corrected chi connectivity index (χ0v) is 12.6. The summed E-state index contributed by atoms with van der Waals surface area (Å²) in [5.41, 5.74) is 3.70. The average Bonchev–Trinajstić information content (AvgIpc) is 2.92. The summed E-state index contributed by atoms with van der Waals surface area (Å²) < 4.78 is 5.64. The Bertz CT molecular complexity index is 755. The number of anilines is 1. The molecule has 1 heterocycles. The van der Waals surface area contributed by atoms with Crippen LogP contribution in [0, 0.1) is 0 Å². The van der Waals surface area contributed by atoms with Crippen molar-refractivity contribution in [2.24, 2.45) is 0 Å². The molecule has 0 unspecified atom stereocenters. The lowest BCUT2D eigenvalue weighted by atomic mass is 10.2. The number of halogens is 1. The van der Waals surface area contributed by atoms with Crippen LogP contribution in [0.3, 0.4) is 0 Å². The van der Waals surface area contributed by atoms with Crippen molar-refractivity contribution in [3.05, 3.63) is 60.0 Å². The highest BCUT2D eigenvalue weighted by Gasteiger charge is 2.08. The van der Waals surface area contributed by atoms with Gasteiger partial charge in [-0.1, -0.05) is 35.9 Å². The topological polar surface area (TPSA) is 29.3 Å². The SMILES string of the molecule is CN(C)c1ccc(/C=C(\Cl)c2nc3ccccc3o2)cc1. The molecule has 0 aliphatic carbocycles. The Hall–Kier alpha value is -2.26. The number of benzene rings is 2. The van der Waals surface area contributed by atoms with Crippen molar-refractivity contribution in [1.82, 2.24) is 4.98 Å². The average molecular weight is 299 g/mol. The summed E-state index contributed by atoms with van der Waals surface area (Å²) in [5, 5.41) is 0.490. The first-order valence-electron chi connectivity index (χ1n) is 6.64. The van der Waals surface area contributed by atoms with Crippen molar-refractivity contribution in [2.75, 3.05) is 19.0 Å². The molecule has 1 aromatic heterocycles. The van der Waals surface area contributed by atoms with Gasteiger partial charge in [0.25, 0.3) is 0 Å². The van der Waals surface area contributed by atoms with Gasteiger partial charge >= 0.3 is 0 Å². The molecule has 106 valence electrons. The molecule has 0 saturated heterocycles. The number of oxazole rings is 1. The molecule has 0 bridgehead atoms. The van der Waals surface area contributed by atoms with Crippen LogP contribution in [0.5, 0.6) is 0 Å². The van der Waals surface area contributed by atoms with Gasteiger partial charge in [0.15, 0.2) is 5.58 Å². The van der Waals surface area contributed by atoms with E-state index in [0.29, 0.717) is 10.9 Å². The van der Waals surface area contributed by atoms with Crippen molar-refractivity contribution in [3.63, 3.8) is 0 Å². The largest absolute Gasteiger partial charge is 0.435 e. The summed E-state index contributed by atoms with van der Waals surface area (Å²) in [7, 11) is 4.02. The molecule has 0 N–H and O–H groups in total. The maximum absolute atomic E-state index is 6.31. The van der Waals surface area contributed by atoms with Crippen molar-refractivity contribution >= 4 is 39.5 Å². The smallest absolute Gasteiger partial charge is 0.238 e. The van der Waals surface area contributed by atoms with Crippen LogP contribution in [-0.2, 0) is 0 Å². The van der Waals surface area contributed by atoms with Crippen LogP contribution < -0.4 is 4.90 Å². The zero-order chi connectivity index (χ0) is 14.8. The van der Waals surface area contributed by atoms with Gasteiger partial charge < -0.3 is 9.32 Å². The van der Waals surface area contributed by atoms with E-state index >= 15 is 0 Å². The first-order valence-corrected chi connectivity index (χ1v) is 7.02. The van der Waals surface area contributed by atoms with Gasteiger partial charge in [-0.15, -0.1) is 0 Å². The van der Waals surface area contributed by atoms with E-state index in [0.717, 1.165) is 22.4 Å². The minimum Gasteiger partial charge on any atom is -0.435 e. The second kappa shape index (κ2) is 5.62. The standard InChI is InChI=1S/C17H15ClN2O/c1-20(2)13-9-7-12(8-10-13)11-14(18)17-19-15-5-3-4-6-16(15)21-17/h3-11H,1-2H3/b14-11-. The van der Waals surface area contributed by atoms with Crippen LogP contribution in [0.4, 0.5) is 5.69 Å². The predicted molar refractivity (Wildman–Crippen MR) is 88.5 cm³/mol. The Labute approximate surface area is 128 Å². The van der Waals surface area contributed by atoms with E-state index in [-0.39, 0.29) is 0 Å². The Morgan fingerprint density at radius 3 is 2.48 bits per heavy atom. The number of aromatic nitrogens is 1. The molecule has 21 heavy (non-hydrogen) atoms. The molecule has 0 spiro atoms. The first kappa shape index (κ1) is 13.7. The highest BCUT2D eigenvalue weighted by Crippen LogP contribution is 2.26. The number of fused-ring (bicyclic) bond motifs is 1. The molecule has 0 amide bonds. The number of nitrogens with zero attached hydrogens (tertiary/aromatic N) is 2. The van der Waals surface area contributed by atoms with Gasteiger partial charge in [0.05, 0.1) is 0 Å². The van der Waals surface area contributed by atoms with Crippen LogP contribution in [-0.4, -0.2) is 19.1 Å². The fourth-order valence-electron chi connectivity index (χ4n) is 2.05. The molecule has 0 radical (unpaired) electrons. The molecule has 0 aliphatic heterocycles. The van der Waals surface area contributed by atoms with Gasteiger partial charge in [-0.05, 0) is 35.9 Å². The van der Waals surface area contributed by atoms with Crippen molar-refractivity contribution in [1.29, 1.82) is 0 Å². The van der Waals surface area contributed by atoms with Crippen molar-refractivity contribution < 1.29 is 4.42 Å². The van der Waals surface area contributed by atoms with Gasteiger partial charge in [0, 0.05) is 19.8 Å². The third-order valence-corrected chi connectivity index (χ3v) is 3.47. The number of rotatable bonds is 3. The minimum atomic E-state index is 0.439. The van der Waals surface area contributed by atoms with Crippen LogP contribution in [0.2, 0.25) is 0 Å². The minimum absolute atomic E-state index is 0.439. The lowest BCUT2D eigenvalue weighted by molar-refractivity contribution is 0.588. The molecule has 3 nitrogen and oxygen atoms in total. The van der Waals surface area contributed by atoms with Gasteiger partial charge in [-0.3, -0.25) is 0 Å². The van der Waals surface area contributed by atoms with E-state index in [4.69, 9.17) is 16.0 Å². The second-order valence-electron chi connectivity index (χ2n) is 4.96. The van der Waals surface area contributed by atoms with Gasteiger partial charge in [-0.25, -0.2) is 4.98 Å². The van der Waals surface area contributed by atoms with E-state index in [1.54, 1.807) is 0 Å². The second-order valence-corrected chi connectivity index (χ2v) is 5.37. The van der Waals surface area contributed by atoms with E-state index in [1.807, 2.05) is 68.7 Å². The Morgan fingerprint density at radius 2 is 1.81 bits per heavy atom. The van der Waals surface area contributed by atoms with Crippen LogP contribution in [0.25, 0.3) is 22.2 Å². The first-order chi connectivity index (χ1) is 10.1. The van der Waals surface area contributed by atoms with Crippen molar-refractivity contribution in [2.45, 2.75) is 0 Å². The maximum Gasteiger partial charge on any atom is 0.238 e.